The second-order valence-corrected chi connectivity index (χ2v) is 4.26. The first-order valence-electron chi connectivity index (χ1n) is 4.34. The normalized spacial score (nSPS) is 13.6. The first-order chi connectivity index (χ1) is 6.84. The number of alkyl halides is 2. The van der Waals surface area contributed by atoms with Gasteiger partial charge in [0.05, 0.1) is 10.8 Å². The van der Waals surface area contributed by atoms with Gasteiger partial charge in [-0.05, 0) is 18.4 Å². The van der Waals surface area contributed by atoms with Crippen LogP contribution in [0.2, 0.25) is 0 Å². The third kappa shape index (κ3) is 2.68. The summed E-state index contributed by atoms with van der Waals surface area (Å²) >= 11 is 1.14. The van der Waals surface area contributed by atoms with E-state index in [2.05, 4.69) is 0 Å². The molecule has 0 aliphatic rings. The molecule has 1 aromatic rings. The van der Waals surface area contributed by atoms with Crippen molar-refractivity contribution in [2.45, 2.75) is 19.8 Å². The van der Waals surface area contributed by atoms with E-state index in [0.29, 0.717) is 11.8 Å². The molecule has 0 bridgehead atoms. The summed E-state index contributed by atoms with van der Waals surface area (Å²) in [7, 11) is 0. The zero-order chi connectivity index (χ0) is 11.6. The van der Waals surface area contributed by atoms with Crippen molar-refractivity contribution >= 4 is 22.9 Å². The Kier molecular flexibility index (Phi) is 3.34. The Bertz CT molecular complexity index is 365. The quantitative estimate of drug-likeness (QED) is 0.591. The lowest BCUT2D eigenvalue weighted by Crippen LogP contribution is -2.34. The smallest absolute Gasteiger partial charge is 0.292 e. The Morgan fingerprint density at radius 2 is 2.07 bits per heavy atom. The largest absolute Gasteiger partial charge is 0.303 e. The summed E-state index contributed by atoms with van der Waals surface area (Å²) in [5.41, 5.74) is 0. The van der Waals surface area contributed by atoms with Gasteiger partial charge in [0.2, 0.25) is 5.78 Å². The molecule has 0 amide bonds. The standard InChI is InChI=1S/C10H10F2O2S/c1-6(9(14)10(2,11)12)8(13)7-4-3-5-15-7/h3-6H,1-2H3. The zero-order valence-corrected chi connectivity index (χ0v) is 9.11. The van der Waals surface area contributed by atoms with Crippen LogP contribution in [-0.2, 0) is 4.79 Å². The zero-order valence-electron chi connectivity index (χ0n) is 8.29. The molecule has 15 heavy (non-hydrogen) atoms. The molecule has 1 unspecified atom stereocenters. The van der Waals surface area contributed by atoms with Crippen LogP contribution in [0.5, 0.6) is 0 Å². The third-order valence-corrected chi connectivity index (χ3v) is 2.87. The summed E-state index contributed by atoms with van der Waals surface area (Å²) in [6, 6.07) is 3.16. The highest BCUT2D eigenvalue weighted by Crippen LogP contribution is 2.22. The molecule has 1 heterocycles. The maximum atomic E-state index is 12.7. The predicted octanol–water partition coefficient (Wildman–Crippen LogP) is 2.79. The molecule has 0 saturated heterocycles. The molecular formula is C10H10F2O2S. The van der Waals surface area contributed by atoms with Gasteiger partial charge < -0.3 is 0 Å². The van der Waals surface area contributed by atoms with E-state index >= 15 is 0 Å². The average molecular weight is 232 g/mol. The first kappa shape index (κ1) is 12.0. The Balaban J connectivity index is 2.83. The van der Waals surface area contributed by atoms with Gasteiger partial charge in [-0.3, -0.25) is 9.59 Å². The van der Waals surface area contributed by atoms with E-state index in [1.54, 1.807) is 11.4 Å². The van der Waals surface area contributed by atoms with Gasteiger partial charge in [0.25, 0.3) is 0 Å². The summed E-state index contributed by atoms with van der Waals surface area (Å²) in [5.74, 6) is -6.62. The maximum Gasteiger partial charge on any atom is 0.303 e. The van der Waals surface area contributed by atoms with E-state index in [1.165, 1.54) is 13.0 Å². The monoisotopic (exact) mass is 232 g/mol. The molecule has 5 heteroatoms. The number of hydrogen-bond acceptors (Lipinski definition) is 3. The highest BCUT2D eigenvalue weighted by Gasteiger charge is 2.39. The van der Waals surface area contributed by atoms with E-state index in [9.17, 15) is 18.4 Å². The van der Waals surface area contributed by atoms with Gasteiger partial charge in [-0.1, -0.05) is 6.07 Å². The molecule has 0 spiro atoms. The molecule has 0 aliphatic carbocycles. The molecular weight excluding hydrogens is 222 g/mol. The van der Waals surface area contributed by atoms with Gasteiger partial charge in [0, 0.05) is 6.92 Å². The molecule has 0 aliphatic heterocycles. The summed E-state index contributed by atoms with van der Waals surface area (Å²) in [6.07, 6.45) is 0. The van der Waals surface area contributed by atoms with Crippen LogP contribution in [0.4, 0.5) is 8.78 Å². The second-order valence-electron chi connectivity index (χ2n) is 3.32. The number of carbonyl (C=O) groups is 2. The van der Waals surface area contributed by atoms with Crippen molar-refractivity contribution in [3.63, 3.8) is 0 Å². The highest BCUT2D eigenvalue weighted by molar-refractivity contribution is 7.12. The Hall–Kier alpha value is -1.10. The topological polar surface area (TPSA) is 34.1 Å². The lowest BCUT2D eigenvalue weighted by molar-refractivity contribution is -0.142. The molecule has 1 aromatic heterocycles. The number of carbonyl (C=O) groups excluding carboxylic acids is 2. The Morgan fingerprint density at radius 1 is 1.47 bits per heavy atom. The van der Waals surface area contributed by atoms with Crippen molar-refractivity contribution in [2.24, 2.45) is 5.92 Å². The van der Waals surface area contributed by atoms with E-state index in [-0.39, 0.29) is 0 Å². The number of thiophene rings is 1. The molecule has 0 saturated carbocycles. The number of hydrogen-bond donors (Lipinski definition) is 0. The predicted molar refractivity (Wildman–Crippen MR) is 53.4 cm³/mol. The van der Waals surface area contributed by atoms with Gasteiger partial charge in [-0.25, -0.2) is 0 Å². The minimum Gasteiger partial charge on any atom is -0.292 e. The van der Waals surface area contributed by atoms with Crippen LogP contribution in [-0.4, -0.2) is 17.5 Å². The first-order valence-corrected chi connectivity index (χ1v) is 5.22. The highest BCUT2D eigenvalue weighted by atomic mass is 32.1. The maximum absolute atomic E-state index is 12.7. The summed E-state index contributed by atoms with van der Waals surface area (Å²) < 4.78 is 25.3. The van der Waals surface area contributed by atoms with Crippen molar-refractivity contribution in [1.82, 2.24) is 0 Å². The summed E-state index contributed by atoms with van der Waals surface area (Å²) in [6.45, 7) is 1.72. The second kappa shape index (κ2) is 4.18. The Labute approximate surface area is 89.9 Å². The van der Waals surface area contributed by atoms with Crippen LogP contribution >= 0.6 is 11.3 Å². The summed E-state index contributed by atoms with van der Waals surface area (Å²) in [5, 5.41) is 1.66. The van der Waals surface area contributed by atoms with Crippen molar-refractivity contribution in [3.8, 4) is 0 Å². The lowest BCUT2D eigenvalue weighted by Gasteiger charge is -2.13. The van der Waals surface area contributed by atoms with Crippen LogP contribution in [0.25, 0.3) is 0 Å². The molecule has 0 fully saturated rings. The number of rotatable bonds is 4. The average Bonchev–Trinajstić information content (AvgIpc) is 2.65. The fraction of sp³-hybridized carbons (Fsp3) is 0.400. The van der Waals surface area contributed by atoms with Crippen molar-refractivity contribution in [1.29, 1.82) is 0 Å². The van der Waals surface area contributed by atoms with Gasteiger partial charge >= 0.3 is 5.92 Å². The molecule has 0 radical (unpaired) electrons. The van der Waals surface area contributed by atoms with Crippen LogP contribution in [0, 0.1) is 5.92 Å². The third-order valence-electron chi connectivity index (χ3n) is 1.98. The summed E-state index contributed by atoms with van der Waals surface area (Å²) in [4.78, 5) is 23.0. The van der Waals surface area contributed by atoms with E-state index in [0.717, 1.165) is 11.3 Å². The van der Waals surface area contributed by atoms with Crippen LogP contribution in [0.15, 0.2) is 17.5 Å². The van der Waals surface area contributed by atoms with Crippen molar-refractivity contribution in [3.05, 3.63) is 22.4 Å². The molecule has 1 rings (SSSR count). The molecule has 82 valence electrons. The van der Waals surface area contributed by atoms with E-state index in [1.807, 2.05) is 0 Å². The van der Waals surface area contributed by atoms with Crippen LogP contribution in [0.3, 0.4) is 0 Å². The lowest BCUT2D eigenvalue weighted by atomic mass is 9.96. The van der Waals surface area contributed by atoms with Gasteiger partial charge in [0.15, 0.2) is 5.78 Å². The van der Waals surface area contributed by atoms with Gasteiger partial charge in [-0.2, -0.15) is 8.78 Å². The number of Topliss-reactive ketones (excluding diaryl/α,β-unsaturated/α-hetero) is 2. The van der Waals surface area contributed by atoms with E-state index in [4.69, 9.17) is 0 Å². The minimum absolute atomic E-state index is 0.333. The van der Waals surface area contributed by atoms with Crippen molar-refractivity contribution in [2.75, 3.05) is 0 Å². The number of ketones is 2. The SMILES string of the molecule is CC(C(=O)c1cccs1)C(=O)C(C)(F)F. The van der Waals surface area contributed by atoms with Crippen LogP contribution in [0.1, 0.15) is 23.5 Å². The minimum atomic E-state index is -3.45. The molecule has 0 N–H and O–H groups in total. The van der Waals surface area contributed by atoms with E-state index < -0.39 is 23.4 Å². The fourth-order valence-corrected chi connectivity index (χ4v) is 1.89. The molecule has 0 aromatic carbocycles. The molecule has 1 atom stereocenters. The molecule has 2 nitrogen and oxygen atoms in total. The number of halogens is 2. The van der Waals surface area contributed by atoms with Gasteiger partial charge in [0.1, 0.15) is 0 Å². The van der Waals surface area contributed by atoms with Gasteiger partial charge in [-0.15, -0.1) is 11.3 Å². The fourth-order valence-electron chi connectivity index (χ4n) is 1.13. The van der Waals surface area contributed by atoms with Crippen LogP contribution < -0.4 is 0 Å². The Morgan fingerprint density at radius 3 is 2.47 bits per heavy atom. The van der Waals surface area contributed by atoms with Crippen molar-refractivity contribution < 1.29 is 18.4 Å².